The van der Waals surface area contributed by atoms with E-state index < -0.39 is 5.41 Å². The molecule has 1 aromatic heterocycles. The summed E-state index contributed by atoms with van der Waals surface area (Å²) in [5.74, 6) is 0.636. The topological polar surface area (TPSA) is 51.2 Å². The number of hydrogen-bond acceptors (Lipinski definition) is 4. The van der Waals surface area contributed by atoms with E-state index in [0.717, 1.165) is 16.9 Å². The van der Waals surface area contributed by atoms with E-state index in [1.54, 1.807) is 13.3 Å². The molecule has 0 aliphatic carbocycles. The summed E-state index contributed by atoms with van der Waals surface area (Å²) in [5, 5.41) is 5.41. The minimum Gasteiger partial charge on any atom is -0.497 e. The molecule has 2 aromatic carbocycles. The normalized spacial score (nSPS) is 12.4. The van der Waals surface area contributed by atoms with Gasteiger partial charge in [-0.2, -0.15) is 0 Å². The predicted molar refractivity (Wildman–Crippen MR) is 106 cm³/mol. The monoisotopic (exact) mass is 366 g/mol. The van der Waals surface area contributed by atoms with Gasteiger partial charge in [-0.3, -0.25) is 4.79 Å². The summed E-state index contributed by atoms with van der Waals surface area (Å²) >= 11 is 1.42. The molecule has 0 spiro atoms. The van der Waals surface area contributed by atoms with E-state index in [1.807, 2.05) is 61.7 Å². The molecule has 26 heavy (non-hydrogen) atoms. The Bertz CT molecular complexity index is 843. The Kier molecular flexibility index (Phi) is 5.38. The Morgan fingerprint density at radius 2 is 1.73 bits per heavy atom. The fourth-order valence-electron chi connectivity index (χ4n) is 3.14. The summed E-state index contributed by atoms with van der Waals surface area (Å²) in [6.07, 6.45) is 1.69. The number of nitrogens with zero attached hydrogens (tertiary/aromatic N) is 1. The molecule has 1 N–H and O–H groups in total. The minimum atomic E-state index is -0.679. The molecule has 0 saturated carbocycles. The van der Waals surface area contributed by atoms with Crippen molar-refractivity contribution in [2.24, 2.45) is 5.41 Å². The Labute approximate surface area is 157 Å². The van der Waals surface area contributed by atoms with Gasteiger partial charge in [-0.25, -0.2) is 4.98 Å². The van der Waals surface area contributed by atoms with Crippen molar-refractivity contribution in [3.05, 3.63) is 77.3 Å². The van der Waals surface area contributed by atoms with E-state index in [-0.39, 0.29) is 11.8 Å². The van der Waals surface area contributed by atoms with Gasteiger partial charge in [0.05, 0.1) is 12.5 Å². The number of carbonyl (C=O) groups is 1. The minimum absolute atomic E-state index is 0.0582. The third kappa shape index (κ3) is 3.78. The largest absolute Gasteiger partial charge is 0.497 e. The quantitative estimate of drug-likeness (QED) is 0.672. The third-order valence-corrected chi connectivity index (χ3v) is 5.23. The van der Waals surface area contributed by atoms with Gasteiger partial charge in [0.25, 0.3) is 0 Å². The first kappa shape index (κ1) is 18.1. The number of amides is 1. The van der Waals surface area contributed by atoms with Crippen LogP contribution in [0.2, 0.25) is 0 Å². The van der Waals surface area contributed by atoms with Crippen LogP contribution in [0, 0.1) is 5.41 Å². The third-order valence-electron chi connectivity index (χ3n) is 4.54. The lowest BCUT2D eigenvalue weighted by molar-refractivity contribution is -0.124. The first-order valence-corrected chi connectivity index (χ1v) is 9.30. The Balaban J connectivity index is 1.99. The SMILES string of the molecule is COc1ccc([C@@H](c2ccccc2)C(C)(C)C(=O)Nc2nccs2)cc1. The molecule has 0 radical (unpaired) electrons. The van der Waals surface area contributed by atoms with Crippen molar-refractivity contribution >= 4 is 22.4 Å². The van der Waals surface area contributed by atoms with Crippen LogP contribution >= 0.6 is 11.3 Å². The van der Waals surface area contributed by atoms with E-state index in [4.69, 9.17) is 4.74 Å². The molecular formula is C21H22N2O2S. The lowest BCUT2D eigenvalue weighted by atomic mass is 9.70. The van der Waals surface area contributed by atoms with Gasteiger partial charge in [-0.05, 0) is 23.3 Å². The maximum absolute atomic E-state index is 13.1. The molecule has 1 atom stereocenters. The molecule has 4 nitrogen and oxygen atoms in total. The molecular weight excluding hydrogens is 344 g/mol. The number of anilines is 1. The van der Waals surface area contributed by atoms with Crippen LogP contribution in [0.1, 0.15) is 30.9 Å². The molecule has 3 rings (SSSR count). The van der Waals surface area contributed by atoms with Crippen LogP contribution in [0.4, 0.5) is 5.13 Å². The summed E-state index contributed by atoms with van der Waals surface area (Å²) in [4.78, 5) is 17.2. The molecule has 0 aliphatic rings. The van der Waals surface area contributed by atoms with Crippen molar-refractivity contribution in [1.82, 2.24) is 4.98 Å². The van der Waals surface area contributed by atoms with Crippen LogP contribution in [0.15, 0.2) is 66.2 Å². The van der Waals surface area contributed by atoms with Crippen molar-refractivity contribution in [3.63, 3.8) is 0 Å². The van der Waals surface area contributed by atoms with Crippen molar-refractivity contribution < 1.29 is 9.53 Å². The maximum atomic E-state index is 13.1. The van der Waals surface area contributed by atoms with E-state index >= 15 is 0 Å². The van der Waals surface area contributed by atoms with Crippen molar-refractivity contribution in [3.8, 4) is 5.75 Å². The summed E-state index contributed by atoms with van der Waals surface area (Å²) < 4.78 is 5.27. The van der Waals surface area contributed by atoms with Crippen LogP contribution in [-0.2, 0) is 4.79 Å². The zero-order valence-electron chi connectivity index (χ0n) is 15.1. The standard InChI is InChI=1S/C21H22N2O2S/c1-21(2,19(24)23-20-22-13-14-26-20)18(15-7-5-4-6-8-15)16-9-11-17(25-3)12-10-16/h4-14,18H,1-3H3,(H,22,23,24)/t18-/m1/s1. The van der Waals surface area contributed by atoms with E-state index in [0.29, 0.717) is 5.13 Å². The zero-order chi connectivity index (χ0) is 18.6. The van der Waals surface area contributed by atoms with Crippen LogP contribution in [0.3, 0.4) is 0 Å². The van der Waals surface area contributed by atoms with Gasteiger partial charge in [-0.1, -0.05) is 56.3 Å². The number of thiazole rings is 1. The molecule has 0 fully saturated rings. The van der Waals surface area contributed by atoms with E-state index in [2.05, 4.69) is 22.4 Å². The molecule has 1 heterocycles. The summed E-state index contributed by atoms with van der Waals surface area (Å²) in [6, 6.07) is 18.0. The Morgan fingerprint density at radius 3 is 2.31 bits per heavy atom. The number of methoxy groups -OCH3 is 1. The van der Waals surface area contributed by atoms with Crippen LogP contribution < -0.4 is 10.1 Å². The Hall–Kier alpha value is -2.66. The second-order valence-electron chi connectivity index (χ2n) is 6.63. The zero-order valence-corrected chi connectivity index (χ0v) is 15.9. The average molecular weight is 366 g/mol. The fourth-order valence-corrected chi connectivity index (χ4v) is 3.67. The summed E-state index contributed by atoms with van der Waals surface area (Å²) in [7, 11) is 1.65. The number of hydrogen-bond donors (Lipinski definition) is 1. The van der Waals surface area contributed by atoms with Crippen molar-refractivity contribution in [2.75, 3.05) is 12.4 Å². The highest BCUT2D eigenvalue weighted by atomic mass is 32.1. The number of aromatic nitrogens is 1. The molecule has 1 amide bonds. The van der Waals surface area contributed by atoms with Gasteiger partial charge < -0.3 is 10.1 Å². The molecule has 5 heteroatoms. The average Bonchev–Trinajstić information content (AvgIpc) is 3.16. The maximum Gasteiger partial charge on any atom is 0.232 e. The molecule has 0 bridgehead atoms. The van der Waals surface area contributed by atoms with Crippen LogP contribution in [0.25, 0.3) is 0 Å². The van der Waals surface area contributed by atoms with Gasteiger partial charge in [0.1, 0.15) is 5.75 Å². The second-order valence-corrected chi connectivity index (χ2v) is 7.52. The van der Waals surface area contributed by atoms with Gasteiger partial charge in [-0.15, -0.1) is 11.3 Å². The number of carbonyl (C=O) groups excluding carboxylic acids is 1. The molecule has 3 aromatic rings. The summed E-state index contributed by atoms with van der Waals surface area (Å²) in [5.41, 5.74) is 1.48. The first-order chi connectivity index (χ1) is 12.5. The number of benzene rings is 2. The fraction of sp³-hybridized carbons (Fsp3) is 0.238. The van der Waals surface area contributed by atoms with E-state index in [9.17, 15) is 4.79 Å². The van der Waals surface area contributed by atoms with Gasteiger partial charge >= 0.3 is 0 Å². The van der Waals surface area contributed by atoms with Crippen molar-refractivity contribution in [1.29, 1.82) is 0 Å². The molecule has 134 valence electrons. The highest BCUT2D eigenvalue weighted by molar-refractivity contribution is 7.13. The predicted octanol–water partition coefficient (Wildman–Crippen LogP) is 4.95. The number of ether oxygens (including phenoxy) is 1. The lowest BCUT2D eigenvalue weighted by Gasteiger charge is -2.33. The van der Waals surface area contributed by atoms with Crippen molar-refractivity contribution in [2.45, 2.75) is 19.8 Å². The van der Waals surface area contributed by atoms with Crippen LogP contribution in [-0.4, -0.2) is 18.0 Å². The molecule has 0 aliphatic heterocycles. The number of nitrogens with one attached hydrogen (secondary N) is 1. The van der Waals surface area contributed by atoms with Gasteiger partial charge in [0.2, 0.25) is 5.91 Å². The smallest absolute Gasteiger partial charge is 0.232 e. The molecule has 0 unspecified atom stereocenters. The number of rotatable bonds is 6. The van der Waals surface area contributed by atoms with Gasteiger partial charge in [0.15, 0.2) is 5.13 Å². The lowest BCUT2D eigenvalue weighted by Crippen LogP contribution is -2.37. The second kappa shape index (κ2) is 7.70. The van der Waals surface area contributed by atoms with Crippen LogP contribution in [0.5, 0.6) is 5.75 Å². The summed E-state index contributed by atoms with van der Waals surface area (Å²) in [6.45, 7) is 3.94. The first-order valence-electron chi connectivity index (χ1n) is 8.42. The van der Waals surface area contributed by atoms with E-state index in [1.165, 1.54) is 11.3 Å². The Morgan fingerprint density at radius 1 is 1.08 bits per heavy atom. The van der Waals surface area contributed by atoms with Gasteiger partial charge in [0, 0.05) is 17.5 Å². The molecule has 0 saturated heterocycles. The highest BCUT2D eigenvalue weighted by Gasteiger charge is 2.39. The highest BCUT2D eigenvalue weighted by Crippen LogP contribution is 2.42.